The van der Waals surface area contributed by atoms with E-state index in [0.717, 1.165) is 0 Å². The number of carboxylic acids is 1. The number of benzene rings is 1. The van der Waals surface area contributed by atoms with Crippen molar-refractivity contribution in [3.63, 3.8) is 0 Å². The zero-order valence-corrected chi connectivity index (χ0v) is 9.29. The van der Waals surface area contributed by atoms with Crippen molar-refractivity contribution in [1.82, 2.24) is 10.2 Å². The molecule has 0 aromatic heterocycles. The van der Waals surface area contributed by atoms with Gasteiger partial charge in [0.25, 0.3) is 5.91 Å². The first-order chi connectivity index (χ1) is 8.59. The van der Waals surface area contributed by atoms with E-state index in [0.29, 0.717) is 11.1 Å². The average molecular weight is 246 g/mol. The third-order valence-electron chi connectivity index (χ3n) is 3.30. The summed E-state index contributed by atoms with van der Waals surface area (Å²) in [6, 6.07) is 5.74. The fourth-order valence-corrected chi connectivity index (χ4v) is 2.50. The van der Waals surface area contributed by atoms with Gasteiger partial charge in [-0.1, -0.05) is 18.2 Å². The molecular formula is C12H10N2O4. The second kappa shape index (κ2) is 3.56. The van der Waals surface area contributed by atoms with Crippen molar-refractivity contribution >= 4 is 17.8 Å². The molecule has 2 unspecified atom stereocenters. The summed E-state index contributed by atoms with van der Waals surface area (Å²) in [6.07, 6.45) is -0.859. The Bertz CT molecular complexity index is 569. The van der Waals surface area contributed by atoms with Crippen molar-refractivity contribution in [2.45, 2.75) is 18.6 Å². The highest BCUT2D eigenvalue weighted by atomic mass is 16.4. The number of fused-ring (bicyclic) bond motifs is 3. The monoisotopic (exact) mass is 246 g/mol. The maximum Gasteiger partial charge on any atom is 0.327 e. The van der Waals surface area contributed by atoms with Crippen LogP contribution in [0.2, 0.25) is 0 Å². The number of amides is 2. The molecule has 0 bridgehead atoms. The first-order valence-corrected chi connectivity index (χ1v) is 5.53. The summed E-state index contributed by atoms with van der Waals surface area (Å²) in [5.41, 5.74) is 1.11. The molecule has 6 nitrogen and oxygen atoms in total. The van der Waals surface area contributed by atoms with Crippen LogP contribution in [0.25, 0.3) is 0 Å². The van der Waals surface area contributed by atoms with E-state index in [1.807, 2.05) is 0 Å². The quantitative estimate of drug-likeness (QED) is 0.736. The van der Waals surface area contributed by atoms with E-state index in [1.165, 1.54) is 4.90 Å². The lowest BCUT2D eigenvalue weighted by Gasteiger charge is -2.35. The molecular weight excluding hydrogens is 236 g/mol. The molecule has 6 heteroatoms. The Labute approximate surface area is 102 Å². The Morgan fingerprint density at radius 3 is 2.78 bits per heavy atom. The second-order valence-electron chi connectivity index (χ2n) is 4.33. The second-order valence-corrected chi connectivity index (χ2v) is 4.33. The number of rotatable bonds is 1. The van der Waals surface area contributed by atoms with Gasteiger partial charge in [-0.15, -0.1) is 0 Å². The van der Waals surface area contributed by atoms with E-state index in [-0.39, 0.29) is 18.2 Å². The van der Waals surface area contributed by atoms with Gasteiger partial charge in [0.05, 0.1) is 6.42 Å². The van der Waals surface area contributed by atoms with Gasteiger partial charge in [0.2, 0.25) is 5.91 Å². The van der Waals surface area contributed by atoms with E-state index in [1.54, 1.807) is 24.3 Å². The summed E-state index contributed by atoms with van der Waals surface area (Å²) < 4.78 is 0. The summed E-state index contributed by atoms with van der Waals surface area (Å²) in [6.45, 7) is 0. The highest BCUT2D eigenvalue weighted by Gasteiger charge is 2.47. The first-order valence-electron chi connectivity index (χ1n) is 5.53. The fourth-order valence-electron chi connectivity index (χ4n) is 2.50. The molecule has 3 rings (SSSR count). The smallest absolute Gasteiger partial charge is 0.327 e. The van der Waals surface area contributed by atoms with Gasteiger partial charge in [-0.25, -0.2) is 4.79 Å². The predicted molar refractivity (Wildman–Crippen MR) is 59.5 cm³/mol. The van der Waals surface area contributed by atoms with Crippen LogP contribution in [-0.2, 0) is 9.59 Å². The summed E-state index contributed by atoms with van der Waals surface area (Å²) in [5.74, 6) is -1.85. The SMILES string of the molecule is O=C1CC(C(=O)O)N2C(=O)c3ccccc3C2N1. The molecule has 18 heavy (non-hydrogen) atoms. The number of nitrogens with one attached hydrogen (secondary N) is 1. The molecule has 0 saturated carbocycles. The average Bonchev–Trinajstić information content (AvgIpc) is 2.63. The van der Waals surface area contributed by atoms with Crippen molar-refractivity contribution in [2.75, 3.05) is 0 Å². The highest BCUT2D eigenvalue weighted by molar-refractivity contribution is 6.03. The van der Waals surface area contributed by atoms with E-state index in [2.05, 4.69) is 5.32 Å². The van der Waals surface area contributed by atoms with Crippen LogP contribution in [0.15, 0.2) is 24.3 Å². The Balaban J connectivity index is 2.10. The van der Waals surface area contributed by atoms with Crippen molar-refractivity contribution < 1.29 is 19.5 Å². The van der Waals surface area contributed by atoms with Gasteiger partial charge in [-0.3, -0.25) is 14.5 Å². The molecule has 1 saturated heterocycles. The van der Waals surface area contributed by atoms with E-state index >= 15 is 0 Å². The van der Waals surface area contributed by atoms with Crippen LogP contribution in [0.1, 0.15) is 28.5 Å². The lowest BCUT2D eigenvalue weighted by Crippen LogP contribution is -2.55. The molecule has 2 aliphatic rings. The van der Waals surface area contributed by atoms with Gasteiger partial charge in [-0.2, -0.15) is 0 Å². The van der Waals surface area contributed by atoms with Crippen LogP contribution in [0.4, 0.5) is 0 Å². The number of carbonyl (C=O) groups excluding carboxylic acids is 2. The Hall–Kier alpha value is -2.37. The van der Waals surface area contributed by atoms with Crippen LogP contribution < -0.4 is 5.32 Å². The molecule has 1 aromatic rings. The number of aliphatic carboxylic acids is 1. The normalized spacial score (nSPS) is 25.4. The zero-order chi connectivity index (χ0) is 12.9. The summed E-state index contributed by atoms with van der Waals surface area (Å²) in [5, 5.41) is 11.8. The van der Waals surface area contributed by atoms with Gasteiger partial charge in [-0.05, 0) is 6.07 Å². The molecule has 1 aromatic carbocycles. The number of carbonyl (C=O) groups is 3. The molecule has 0 radical (unpaired) electrons. The van der Waals surface area contributed by atoms with E-state index in [4.69, 9.17) is 5.11 Å². The van der Waals surface area contributed by atoms with Crippen LogP contribution >= 0.6 is 0 Å². The van der Waals surface area contributed by atoms with Crippen LogP contribution in [0.3, 0.4) is 0 Å². The number of hydrogen-bond donors (Lipinski definition) is 2. The molecule has 2 aliphatic heterocycles. The molecule has 92 valence electrons. The maximum atomic E-state index is 12.2. The molecule has 2 heterocycles. The number of carboxylic acid groups (broad SMARTS) is 1. The summed E-state index contributed by atoms with van der Waals surface area (Å²) in [7, 11) is 0. The van der Waals surface area contributed by atoms with Gasteiger partial charge in [0.15, 0.2) is 0 Å². The van der Waals surface area contributed by atoms with Crippen molar-refractivity contribution in [2.24, 2.45) is 0 Å². The molecule has 2 atom stereocenters. The molecule has 0 spiro atoms. The minimum Gasteiger partial charge on any atom is -0.480 e. The molecule has 2 amide bonds. The van der Waals surface area contributed by atoms with Gasteiger partial charge in [0.1, 0.15) is 12.2 Å². The van der Waals surface area contributed by atoms with Crippen LogP contribution in [0, 0.1) is 0 Å². The number of hydrogen-bond acceptors (Lipinski definition) is 3. The van der Waals surface area contributed by atoms with Crippen molar-refractivity contribution in [1.29, 1.82) is 0 Å². The minimum absolute atomic E-state index is 0.203. The topological polar surface area (TPSA) is 86.7 Å². The Morgan fingerprint density at radius 2 is 2.06 bits per heavy atom. The van der Waals surface area contributed by atoms with Crippen LogP contribution in [-0.4, -0.2) is 33.8 Å². The highest BCUT2D eigenvalue weighted by Crippen LogP contribution is 2.36. The van der Waals surface area contributed by atoms with Crippen molar-refractivity contribution in [3.05, 3.63) is 35.4 Å². The Kier molecular flexibility index (Phi) is 2.13. The Morgan fingerprint density at radius 1 is 1.33 bits per heavy atom. The standard InChI is InChI=1S/C12H10N2O4/c15-9-5-8(12(17)18)14-10(13-9)6-3-1-2-4-7(6)11(14)16/h1-4,8,10H,5H2,(H,13,15)(H,17,18). The fraction of sp³-hybridized carbons (Fsp3) is 0.250. The largest absolute Gasteiger partial charge is 0.480 e. The van der Waals surface area contributed by atoms with Gasteiger partial charge < -0.3 is 10.4 Å². The summed E-state index contributed by atoms with van der Waals surface area (Å²) >= 11 is 0. The molecule has 0 aliphatic carbocycles. The van der Waals surface area contributed by atoms with E-state index < -0.39 is 18.2 Å². The third kappa shape index (κ3) is 1.32. The van der Waals surface area contributed by atoms with E-state index in [9.17, 15) is 14.4 Å². The van der Waals surface area contributed by atoms with Gasteiger partial charge >= 0.3 is 5.97 Å². The lowest BCUT2D eigenvalue weighted by atomic mass is 10.1. The first kappa shape index (κ1) is 10.8. The summed E-state index contributed by atoms with van der Waals surface area (Å²) in [4.78, 5) is 36.1. The zero-order valence-electron chi connectivity index (χ0n) is 9.29. The number of nitrogens with zero attached hydrogens (tertiary/aromatic N) is 1. The lowest BCUT2D eigenvalue weighted by molar-refractivity contribution is -0.149. The minimum atomic E-state index is -1.16. The predicted octanol–water partition coefficient (Wildman–Crippen LogP) is 0.114. The third-order valence-corrected chi connectivity index (χ3v) is 3.30. The van der Waals surface area contributed by atoms with Crippen LogP contribution in [0.5, 0.6) is 0 Å². The molecule has 2 N–H and O–H groups in total. The van der Waals surface area contributed by atoms with Gasteiger partial charge in [0, 0.05) is 11.1 Å². The van der Waals surface area contributed by atoms with Crippen molar-refractivity contribution in [3.8, 4) is 0 Å². The molecule has 1 fully saturated rings. The maximum absolute atomic E-state index is 12.2.